The fraction of sp³-hybridized carbons (Fsp3) is 0.190. The Balaban J connectivity index is 1.73. The van der Waals surface area contributed by atoms with Crippen LogP contribution < -0.4 is 0 Å². The lowest BCUT2D eigenvalue weighted by molar-refractivity contribution is 0.335. The Bertz CT molecular complexity index is 816. The summed E-state index contributed by atoms with van der Waals surface area (Å²) in [7, 11) is 0. The van der Waals surface area contributed by atoms with Crippen LogP contribution in [0.3, 0.4) is 0 Å². The van der Waals surface area contributed by atoms with Crippen molar-refractivity contribution in [3.8, 4) is 0 Å². The molecule has 0 spiro atoms. The van der Waals surface area contributed by atoms with Gasteiger partial charge in [0.2, 0.25) is 0 Å². The zero-order valence-corrected chi connectivity index (χ0v) is 14.3. The summed E-state index contributed by atoms with van der Waals surface area (Å²) in [5.74, 6) is 1.02. The van der Waals surface area contributed by atoms with Crippen LogP contribution in [0.4, 0.5) is 0 Å². The van der Waals surface area contributed by atoms with Crippen molar-refractivity contribution in [1.29, 1.82) is 0 Å². The van der Waals surface area contributed by atoms with E-state index in [-0.39, 0.29) is 6.04 Å². The number of hydrogen-bond donors (Lipinski definition) is 0. The summed E-state index contributed by atoms with van der Waals surface area (Å²) in [6.07, 6.45) is 9.28. The van der Waals surface area contributed by atoms with Gasteiger partial charge in [-0.25, -0.2) is 0 Å². The van der Waals surface area contributed by atoms with Crippen LogP contribution in [0.25, 0.3) is 0 Å². The van der Waals surface area contributed by atoms with Gasteiger partial charge in [-0.1, -0.05) is 59.6 Å². The molecule has 0 saturated heterocycles. The van der Waals surface area contributed by atoms with Crippen LogP contribution in [0.15, 0.2) is 78.0 Å². The van der Waals surface area contributed by atoms with Gasteiger partial charge in [0, 0.05) is 11.2 Å². The molecule has 2 aliphatic heterocycles. The number of halogens is 1. The summed E-state index contributed by atoms with van der Waals surface area (Å²) in [5, 5.41) is 0.763. The van der Waals surface area contributed by atoms with Crippen LogP contribution in [0.5, 0.6) is 0 Å². The van der Waals surface area contributed by atoms with E-state index in [2.05, 4.69) is 66.6 Å². The van der Waals surface area contributed by atoms with E-state index >= 15 is 0 Å². The highest BCUT2D eigenvalue weighted by atomic mass is 35.5. The normalized spacial score (nSPS) is 22.2. The molecule has 24 heavy (non-hydrogen) atoms. The van der Waals surface area contributed by atoms with Crippen LogP contribution in [-0.2, 0) is 0 Å². The van der Waals surface area contributed by atoms with Crippen LogP contribution in [-0.4, -0.2) is 10.7 Å². The van der Waals surface area contributed by atoms with E-state index < -0.39 is 0 Å². The number of amidine groups is 1. The first kappa shape index (κ1) is 15.2. The molecule has 0 aliphatic carbocycles. The zero-order valence-electron chi connectivity index (χ0n) is 13.6. The van der Waals surface area contributed by atoms with Gasteiger partial charge in [0.15, 0.2) is 0 Å². The van der Waals surface area contributed by atoms with Gasteiger partial charge in [-0.15, -0.1) is 0 Å². The maximum absolute atomic E-state index is 6.04. The maximum Gasteiger partial charge on any atom is 0.128 e. The van der Waals surface area contributed by atoms with Crippen molar-refractivity contribution in [3.63, 3.8) is 0 Å². The van der Waals surface area contributed by atoms with Gasteiger partial charge in [0.05, 0.1) is 12.1 Å². The summed E-state index contributed by atoms with van der Waals surface area (Å²) in [5.41, 5.74) is 3.82. The van der Waals surface area contributed by atoms with Crippen LogP contribution in [0, 0.1) is 6.92 Å². The Morgan fingerprint density at radius 3 is 2.42 bits per heavy atom. The van der Waals surface area contributed by atoms with Crippen LogP contribution >= 0.6 is 11.6 Å². The molecule has 0 fully saturated rings. The average molecular weight is 335 g/mol. The first-order valence-electron chi connectivity index (χ1n) is 8.24. The number of allylic oxidation sites excluding steroid dienone is 2. The van der Waals surface area contributed by atoms with E-state index in [1.165, 1.54) is 16.7 Å². The van der Waals surface area contributed by atoms with E-state index in [1.807, 2.05) is 18.2 Å². The molecule has 0 radical (unpaired) electrons. The van der Waals surface area contributed by atoms with Gasteiger partial charge in [-0.2, -0.15) is 0 Å². The minimum atomic E-state index is 0.149. The summed E-state index contributed by atoms with van der Waals surface area (Å²) >= 11 is 6.04. The van der Waals surface area contributed by atoms with Crippen LogP contribution in [0.2, 0.25) is 5.02 Å². The Hall–Kier alpha value is -2.32. The fourth-order valence-corrected chi connectivity index (χ4v) is 3.46. The smallest absolute Gasteiger partial charge is 0.128 e. The van der Waals surface area contributed by atoms with Crippen molar-refractivity contribution in [1.82, 2.24) is 4.90 Å². The molecule has 4 rings (SSSR count). The molecule has 2 aliphatic rings. The number of hydrogen-bond acceptors (Lipinski definition) is 2. The van der Waals surface area contributed by atoms with Crippen molar-refractivity contribution in [2.45, 2.75) is 25.4 Å². The second-order valence-corrected chi connectivity index (χ2v) is 6.76. The van der Waals surface area contributed by atoms with E-state index in [9.17, 15) is 0 Å². The molecule has 3 heteroatoms. The monoisotopic (exact) mass is 334 g/mol. The molecule has 2 aromatic rings. The van der Waals surface area contributed by atoms with Gasteiger partial charge in [-0.3, -0.25) is 4.99 Å². The van der Waals surface area contributed by atoms with Crippen molar-refractivity contribution in [2.75, 3.05) is 0 Å². The summed E-state index contributed by atoms with van der Waals surface area (Å²) in [4.78, 5) is 7.23. The summed E-state index contributed by atoms with van der Waals surface area (Å²) in [6, 6.07) is 17.3. The Morgan fingerprint density at radius 2 is 1.67 bits per heavy atom. The largest absolute Gasteiger partial charge is 0.326 e. The molecule has 0 saturated carbocycles. The van der Waals surface area contributed by atoms with E-state index in [0.29, 0.717) is 6.04 Å². The number of benzene rings is 2. The van der Waals surface area contributed by atoms with Crippen molar-refractivity contribution in [2.24, 2.45) is 4.99 Å². The van der Waals surface area contributed by atoms with E-state index in [0.717, 1.165) is 17.3 Å². The predicted octanol–water partition coefficient (Wildman–Crippen LogP) is 5.62. The van der Waals surface area contributed by atoms with Crippen molar-refractivity contribution in [3.05, 3.63) is 94.7 Å². The molecule has 0 amide bonds. The quantitative estimate of drug-likeness (QED) is 0.696. The molecule has 2 atom stereocenters. The Labute approximate surface area is 147 Å². The third kappa shape index (κ3) is 2.90. The molecule has 2 heterocycles. The average Bonchev–Trinajstić information content (AvgIpc) is 2.62. The first-order valence-corrected chi connectivity index (χ1v) is 8.61. The number of nitrogens with zero attached hydrogens (tertiary/aromatic N) is 2. The predicted molar refractivity (Wildman–Crippen MR) is 100 cm³/mol. The third-order valence-electron chi connectivity index (χ3n) is 4.65. The molecule has 2 unspecified atom stereocenters. The van der Waals surface area contributed by atoms with Crippen molar-refractivity contribution < 1.29 is 0 Å². The molecular formula is C21H19ClN2. The number of rotatable bonds is 2. The van der Waals surface area contributed by atoms with Gasteiger partial charge in [0.1, 0.15) is 5.84 Å². The first-order chi connectivity index (χ1) is 11.7. The topological polar surface area (TPSA) is 15.6 Å². The fourth-order valence-electron chi connectivity index (χ4n) is 3.34. The molecule has 0 N–H and O–H groups in total. The highest BCUT2D eigenvalue weighted by Gasteiger charge is 2.30. The van der Waals surface area contributed by atoms with Gasteiger partial charge in [0.25, 0.3) is 0 Å². The summed E-state index contributed by atoms with van der Waals surface area (Å²) in [6.45, 7) is 2.12. The highest BCUT2D eigenvalue weighted by Crippen LogP contribution is 2.39. The molecule has 0 aromatic heterocycles. The maximum atomic E-state index is 6.04. The standard InChI is InChI=1S/C21H19ClN2/c1-15-5-7-17(8-6-15)20-14-19(16-9-11-18(22)12-10-16)23-21-4-2-3-13-24(20)21/h2-13,19-20H,14H2,1H3. The van der Waals surface area contributed by atoms with Crippen LogP contribution in [0.1, 0.15) is 35.2 Å². The lowest BCUT2D eigenvalue weighted by atomic mass is 9.91. The summed E-state index contributed by atoms with van der Waals surface area (Å²) < 4.78 is 0. The number of aryl methyl sites for hydroxylation is 1. The second-order valence-electron chi connectivity index (χ2n) is 6.32. The SMILES string of the molecule is Cc1ccc(C2CC(c3ccc(Cl)cc3)N=C3C=CC=CN32)cc1. The van der Waals surface area contributed by atoms with Crippen molar-refractivity contribution >= 4 is 17.4 Å². The third-order valence-corrected chi connectivity index (χ3v) is 4.91. The minimum absolute atomic E-state index is 0.149. The minimum Gasteiger partial charge on any atom is -0.326 e. The molecule has 0 bridgehead atoms. The molecule has 2 nitrogen and oxygen atoms in total. The van der Waals surface area contributed by atoms with E-state index in [1.54, 1.807) is 0 Å². The highest BCUT2D eigenvalue weighted by molar-refractivity contribution is 6.30. The molecule has 120 valence electrons. The number of fused-ring (bicyclic) bond motifs is 1. The van der Waals surface area contributed by atoms with E-state index in [4.69, 9.17) is 16.6 Å². The zero-order chi connectivity index (χ0) is 16.5. The Morgan fingerprint density at radius 1 is 0.958 bits per heavy atom. The number of aliphatic imine (C=N–C) groups is 1. The lowest BCUT2D eigenvalue weighted by Gasteiger charge is -2.38. The Kier molecular flexibility index (Phi) is 3.99. The van der Waals surface area contributed by atoms with Gasteiger partial charge >= 0.3 is 0 Å². The lowest BCUT2D eigenvalue weighted by Crippen LogP contribution is -2.35. The second kappa shape index (κ2) is 6.29. The van der Waals surface area contributed by atoms with Gasteiger partial charge in [-0.05, 0) is 48.8 Å². The molecular weight excluding hydrogens is 316 g/mol. The van der Waals surface area contributed by atoms with Gasteiger partial charge < -0.3 is 4.90 Å². The molecule has 2 aromatic carbocycles.